The van der Waals surface area contributed by atoms with Crippen LogP contribution >= 0.6 is 0 Å². The minimum absolute atomic E-state index is 0.0440. The lowest BCUT2D eigenvalue weighted by atomic mass is 10.1. The predicted molar refractivity (Wildman–Crippen MR) is 113 cm³/mol. The van der Waals surface area contributed by atoms with E-state index in [9.17, 15) is 13.2 Å². The molecule has 0 bridgehead atoms. The van der Waals surface area contributed by atoms with E-state index < -0.39 is 10.0 Å². The largest absolute Gasteiger partial charge is 0.489 e. The van der Waals surface area contributed by atoms with Crippen molar-refractivity contribution >= 4 is 15.9 Å². The maximum Gasteiger partial charge on any atom is 0.255 e. The van der Waals surface area contributed by atoms with Gasteiger partial charge in [-0.2, -0.15) is 0 Å². The molecular formula is C21H33N3O4S. The van der Waals surface area contributed by atoms with Gasteiger partial charge in [0.25, 0.3) is 5.91 Å². The van der Waals surface area contributed by atoms with Crippen molar-refractivity contribution in [1.82, 2.24) is 10.2 Å². The Morgan fingerprint density at radius 3 is 2.83 bits per heavy atom. The summed E-state index contributed by atoms with van der Waals surface area (Å²) in [5.74, 6) is 0.170. The van der Waals surface area contributed by atoms with Gasteiger partial charge in [0.1, 0.15) is 11.9 Å². The summed E-state index contributed by atoms with van der Waals surface area (Å²) in [6.45, 7) is 6.80. The molecule has 1 amide bonds. The third-order valence-corrected chi connectivity index (χ3v) is 6.73. The van der Waals surface area contributed by atoms with Gasteiger partial charge in [0.15, 0.2) is 0 Å². The van der Waals surface area contributed by atoms with Crippen LogP contribution in [0.4, 0.5) is 0 Å². The molecule has 2 heterocycles. The molecule has 29 heavy (non-hydrogen) atoms. The maximum atomic E-state index is 12.9. The highest BCUT2D eigenvalue weighted by Gasteiger charge is 2.29. The van der Waals surface area contributed by atoms with Crippen LogP contribution in [-0.4, -0.2) is 51.0 Å². The summed E-state index contributed by atoms with van der Waals surface area (Å²) in [6.07, 6.45) is 7.60. The Morgan fingerprint density at radius 1 is 1.31 bits per heavy atom. The smallest absolute Gasteiger partial charge is 0.255 e. The van der Waals surface area contributed by atoms with E-state index in [1.807, 2.05) is 6.92 Å². The molecule has 8 heteroatoms. The Morgan fingerprint density at radius 2 is 2.10 bits per heavy atom. The first-order chi connectivity index (χ1) is 13.8. The van der Waals surface area contributed by atoms with E-state index in [4.69, 9.17) is 9.88 Å². The van der Waals surface area contributed by atoms with Crippen LogP contribution in [0, 0.1) is 0 Å². The number of benzene rings is 1. The SMILES string of the molecule is CCCCCCN1CCC[C@@H]1CNC(=O)c1cc(S(N)(=O)=O)cc2c1O[C@H](C)C2. The number of hydrogen-bond donors (Lipinski definition) is 2. The lowest BCUT2D eigenvalue weighted by molar-refractivity contribution is 0.0935. The van der Waals surface area contributed by atoms with E-state index in [1.54, 1.807) is 0 Å². The van der Waals surface area contributed by atoms with Gasteiger partial charge in [-0.15, -0.1) is 0 Å². The second-order valence-corrected chi connectivity index (χ2v) is 9.80. The molecule has 3 rings (SSSR count). The van der Waals surface area contributed by atoms with Crippen LogP contribution in [-0.2, 0) is 16.4 Å². The van der Waals surface area contributed by atoms with Crippen molar-refractivity contribution in [2.24, 2.45) is 5.14 Å². The zero-order chi connectivity index (χ0) is 21.0. The number of ether oxygens (including phenoxy) is 1. The van der Waals surface area contributed by atoms with Gasteiger partial charge >= 0.3 is 0 Å². The minimum Gasteiger partial charge on any atom is -0.489 e. The molecule has 0 saturated carbocycles. The minimum atomic E-state index is -3.90. The van der Waals surface area contributed by atoms with Crippen molar-refractivity contribution < 1.29 is 17.9 Å². The van der Waals surface area contributed by atoms with E-state index in [1.165, 1.54) is 37.8 Å². The summed E-state index contributed by atoms with van der Waals surface area (Å²) in [6, 6.07) is 3.17. The Kier molecular flexibility index (Phi) is 7.19. The molecule has 0 aromatic heterocycles. The molecule has 1 fully saturated rings. The van der Waals surface area contributed by atoms with E-state index in [0.29, 0.717) is 30.3 Å². The topological polar surface area (TPSA) is 102 Å². The summed E-state index contributed by atoms with van der Waals surface area (Å²) in [5, 5.41) is 8.31. The van der Waals surface area contributed by atoms with E-state index >= 15 is 0 Å². The lowest BCUT2D eigenvalue weighted by Gasteiger charge is -2.25. The number of carbonyl (C=O) groups excluding carboxylic acids is 1. The van der Waals surface area contributed by atoms with Crippen LogP contribution in [0.1, 0.15) is 68.3 Å². The predicted octanol–water partition coefficient (Wildman–Crippen LogP) is 2.43. The number of sulfonamides is 1. The third-order valence-electron chi connectivity index (χ3n) is 5.84. The fourth-order valence-corrected chi connectivity index (χ4v) is 4.89. The normalized spacial score (nSPS) is 21.8. The lowest BCUT2D eigenvalue weighted by Crippen LogP contribution is -2.40. The van der Waals surface area contributed by atoms with Gasteiger partial charge in [-0.25, -0.2) is 13.6 Å². The van der Waals surface area contributed by atoms with Gasteiger partial charge in [-0.1, -0.05) is 26.2 Å². The van der Waals surface area contributed by atoms with Gasteiger partial charge < -0.3 is 10.1 Å². The molecule has 162 valence electrons. The Labute approximate surface area is 174 Å². The molecule has 1 aromatic rings. The maximum absolute atomic E-state index is 12.9. The Hall–Kier alpha value is -1.64. The number of unbranched alkanes of at least 4 members (excludes halogenated alkanes) is 3. The van der Waals surface area contributed by atoms with Gasteiger partial charge in [-0.05, 0) is 57.0 Å². The number of hydrogen-bond acceptors (Lipinski definition) is 5. The van der Waals surface area contributed by atoms with Crippen molar-refractivity contribution in [1.29, 1.82) is 0 Å². The summed E-state index contributed by atoms with van der Waals surface area (Å²) in [7, 11) is -3.90. The van der Waals surface area contributed by atoms with Crippen LogP contribution in [0.2, 0.25) is 0 Å². The summed E-state index contributed by atoms with van der Waals surface area (Å²) < 4.78 is 29.5. The Bertz CT molecular complexity index is 841. The number of rotatable bonds is 9. The molecule has 0 unspecified atom stereocenters. The number of carbonyl (C=O) groups is 1. The quantitative estimate of drug-likeness (QED) is 0.594. The molecule has 0 aliphatic carbocycles. The summed E-state index contributed by atoms with van der Waals surface area (Å²) in [5.41, 5.74) is 0.968. The molecule has 1 saturated heterocycles. The van der Waals surface area contributed by atoms with E-state index in [-0.39, 0.29) is 22.5 Å². The molecule has 1 aromatic carbocycles. The van der Waals surface area contributed by atoms with Gasteiger partial charge in [0.2, 0.25) is 10.0 Å². The standard InChI is InChI=1S/C21H33N3O4S/c1-3-4-5-6-9-24-10-7-8-17(24)14-23-21(25)19-13-18(29(22,26)27)12-16-11-15(2)28-20(16)19/h12-13,15,17H,3-11,14H2,1-2H3,(H,23,25)(H2,22,26,27)/t15-,17-/m1/s1. The van der Waals surface area contributed by atoms with Crippen molar-refractivity contribution in [2.75, 3.05) is 19.6 Å². The van der Waals surface area contributed by atoms with Gasteiger partial charge in [0.05, 0.1) is 10.5 Å². The van der Waals surface area contributed by atoms with Crippen LogP contribution in [0.5, 0.6) is 5.75 Å². The molecule has 7 nitrogen and oxygen atoms in total. The number of nitrogens with zero attached hydrogens (tertiary/aromatic N) is 1. The van der Waals surface area contributed by atoms with Gasteiger partial charge in [0, 0.05) is 19.0 Å². The summed E-state index contributed by atoms with van der Waals surface area (Å²) in [4.78, 5) is 15.3. The molecule has 2 aliphatic rings. The number of fused-ring (bicyclic) bond motifs is 1. The van der Waals surface area contributed by atoms with Crippen LogP contribution < -0.4 is 15.2 Å². The average molecular weight is 424 g/mol. The zero-order valence-electron chi connectivity index (χ0n) is 17.4. The van der Waals surface area contributed by atoms with E-state index in [0.717, 1.165) is 25.9 Å². The average Bonchev–Trinajstić information content (AvgIpc) is 3.26. The molecule has 3 N–H and O–H groups in total. The number of likely N-dealkylation sites (tertiary alicyclic amines) is 1. The molecule has 2 aliphatic heterocycles. The number of nitrogens with two attached hydrogens (primary N) is 1. The fourth-order valence-electron chi connectivity index (χ4n) is 4.30. The first-order valence-electron chi connectivity index (χ1n) is 10.7. The second kappa shape index (κ2) is 9.45. The molecule has 0 spiro atoms. The molecular weight excluding hydrogens is 390 g/mol. The molecule has 2 atom stereocenters. The van der Waals surface area contributed by atoms with Gasteiger partial charge in [-0.3, -0.25) is 9.69 Å². The second-order valence-electron chi connectivity index (χ2n) is 8.24. The van der Waals surface area contributed by atoms with Crippen molar-refractivity contribution in [3.05, 3.63) is 23.3 Å². The number of amides is 1. The van der Waals surface area contributed by atoms with E-state index in [2.05, 4.69) is 17.1 Å². The van der Waals surface area contributed by atoms with Crippen LogP contribution in [0.15, 0.2) is 17.0 Å². The van der Waals surface area contributed by atoms with Crippen molar-refractivity contribution in [2.45, 2.75) is 75.8 Å². The first kappa shape index (κ1) is 22.1. The van der Waals surface area contributed by atoms with Crippen LogP contribution in [0.25, 0.3) is 0 Å². The highest BCUT2D eigenvalue weighted by atomic mass is 32.2. The first-order valence-corrected chi connectivity index (χ1v) is 12.2. The number of primary sulfonamides is 1. The monoisotopic (exact) mass is 423 g/mol. The van der Waals surface area contributed by atoms with Crippen molar-refractivity contribution in [3.8, 4) is 5.75 Å². The third kappa shape index (κ3) is 5.49. The highest BCUT2D eigenvalue weighted by Crippen LogP contribution is 2.35. The Balaban J connectivity index is 1.67. The number of nitrogens with one attached hydrogen (secondary N) is 1. The fraction of sp³-hybridized carbons (Fsp3) is 0.667. The summed E-state index contributed by atoms with van der Waals surface area (Å²) >= 11 is 0. The van der Waals surface area contributed by atoms with Crippen molar-refractivity contribution in [3.63, 3.8) is 0 Å². The van der Waals surface area contributed by atoms with Crippen LogP contribution in [0.3, 0.4) is 0 Å². The molecule has 0 radical (unpaired) electrons. The zero-order valence-corrected chi connectivity index (χ0v) is 18.3. The highest BCUT2D eigenvalue weighted by molar-refractivity contribution is 7.89.